The van der Waals surface area contributed by atoms with E-state index in [1.807, 2.05) is 32.9 Å². The van der Waals surface area contributed by atoms with Crippen LogP contribution in [0.1, 0.15) is 80.8 Å². The molecule has 1 aliphatic heterocycles. The Labute approximate surface area is 200 Å². The van der Waals surface area contributed by atoms with E-state index in [0.29, 0.717) is 5.56 Å². The number of nitrogens with zero attached hydrogens (tertiary/aromatic N) is 1. The molecule has 34 heavy (non-hydrogen) atoms. The summed E-state index contributed by atoms with van der Waals surface area (Å²) in [6, 6.07) is 4.71. The first kappa shape index (κ1) is 25.5. The Bertz CT molecular complexity index is 954. The van der Waals surface area contributed by atoms with Crippen LogP contribution in [0, 0.1) is 5.92 Å². The summed E-state index contributed by atoms with van der Waals surface area (Å²) in [5.74, 6) is -1.81. The first-order chi connectivity index (χ1) is 15.9. The van der Waals surface area contributed by atoms with Gasteiger partial charge in [0.25, 0.3) is 5.91 Å². The van der Waals surface area contributed by atoms with Crippen molar-refractivity contribution < 1.29 is 29.0 Å². The van der Waals surface area contributed by atoms with E-state index in [1.165, 1.54) is 4.90 Å². The van der Waals surface area contributed by atoms with Crippen LogP contribution in [0.3, 0.4) is 0 Å². The molecule has 9 nitrogen and oxygen atoms in total. The number of fused-ring (bicyclic) bond motifs is 1. The molecular weight excluding hydrogens is 438 g/mol. The van der Waals surface area contributed by atoms with E-state index >= 15 is 0 Å². The third-order valence-corrected chi connectivity index (χ3v) is 6.45. The van der Waals surface area contributed by atoms with Gasteiger partial charge in [-0.3, -0.25) is 14.4 Å². The molecule has 1 aromatic rings. The van der Waals surface area contributed by atoms with E-state index in [2.05, 4.69) is 5.32 Å². The van der Waals surface area contributed by atoms with Crippen LogP contribution >= 0.6 is 0 Å². The summed E-state index contributed by atoms with van der Waals surface area (Å²) in [4.78, 5) is 49.4. The van der Waals surface area contributed by atoms with Gasteiger partial charge in [0, 0.05) is 24.6 Å². The fraction of sp³-hybridized carbons (Fsp3) is 0.600. The number of alkyl carbamates (subject to hydrolysis) is 1. The number of aliphatic carboxylic acids is 1. The van der Waals surface area contributed by atoms with E-state index in [9.17, 15) is 19.2 Å². The van der Waals surface area contributed by atoms with Gasteiger partial charge >= 0.3 is 12.1 Å². The minimum Gasteiger partial charge on any atom is -0.481 e. The fourth-order valence-electron chi connectivity index (χ4n) is 4.89. The maximum Gasteiger partial charge on any atom is 0.407 e. The van der Waals surface area contributed by atoms with Crippen molar-refractivity contribution >= 4 is 23.9 Å². The van der Waals surface area contributed by atoms with Crippen molar-refractivity contribution in [2.75, 3.05) is 0 Å². The van der Waals surface area contributed by atoms with E-state index in [0.717, 1.165) is 43.2 Å². The quantitative estimate of drug-likeness (QED) is 0.530. The predicted octanol–water partition coefficient (Wildman–Crippen LogP) is 2.99. The zero-order valence-corrected chi connectivity index (χ0v) is 20.1. The van der Waals surface area contributed by atoms with Crippen LogP contribution < -0.4 is 11.1 Å². The minimum atomic E-state index is -1.04. The van der Waals surface area contributed by atoms with Crippen molar-refractivity contribution in [3.8, 4) is 0 Å². The van der Waals surface area contributed by atoms with Gasteiger partial charge in [0.15, 0.2) is 0 Å². The lowest BCUT2D eigenvalue weighted by Gasteiger charge is -2.33. The Kier molecular flexibility index (Phi) is 7.84. The molecular formula is C25H35N3O6. The van der Waals surface area contributed by atoms with Crippen molar-refractivity contribution in [3.63, 3.8) is 0 Å². The van der Waals surface area contributed by atoms with Crippen LogP contribution in [0.15, 0.2) is 18.2 Å². The second-order valence-corrected chi connectivity index (χ2v) is 10.3. The van der Waals surface area contributed by atoms with Gasteiger partial charge in [0.1, 0.15) is 11.6 Å². The van der Waals surface area contributed by atoms with Crippen LogP contribution in [0.25, 0.3) is 0 Å². The molecule has 1 aliphatic carbocycles. The smallest absolute Gasteiger partial charge is 0.407 e. The number of nitrogens with one attached hydrogen (secondary N) is 1. The molecule has 1 fully saturated rings. The number of carboxylic acids is 1. The van der Waals surface area contributed by atoms with Crippen LogP contribution in [-0.4, -0.2) is 51.6 Å². The number of amides is 3. The summed E-state index contributed by atoms with van der Waals surface area (Å²) < 4.78 is 5.43. The Morgan fingerprint density at radius 3 is 2.59 bits per heavy atom. The van der Waals surface area contributed by atoms with Crippen molar-refractivity contribution in [1.82, 2.24) is 10.2 Å². The molecule has 4 N–H and O–H groups in total. The molecule has 9 heteroatoms. The van der Waals surface area contributed by atoms with E-state index in [4.69, 9.17) is 15.6 Å². The Balaban J connectivity index is 1.70. The number of hydrogen-bond donors (Lipinski definition) is 3. The van der Waals surface area contributed by atoms with Crippen molar-refractivity contribution in [3.05, 3.63) is 34.9 Å². The summed E-state index contributed by atoms with van der Waals surface area (Å²) in [6.45, 7) is 5.74. The lowest BCUT2D eigenvalue weighted by molar-refractivity contribution is -0.137. The first-order valence-electron chi connectivity index (χ1n) is 11.9. The third-order valence-electron chi connectivity index (χ3n) is 6.45. The Hall–Kier alpha value is -3.10. The molecule has 1 heterocycles. The molecule has 0 aromatic heterocycles. The van der Waals surface area contributed by atoms with Gasteiger partial charge in [-0.1, -0.05) is 25.0 Å². The fourth-order valence-corrected chi connectivity index (χ4v) is 4.89. The summed E-state index contributed by atoms with van der Waals surface area (Å²) >= 11 is 0. The molecule has 0 spiro atoms. The number of hydrogen-bond acceptors (Lipinski definition) is 5. The number of carbonyl (C=O) groups is 4. The van der Waals surface area contributed by atoms with Gasteiger partial charge in [-0.05, 0) is 69.6 Å². The highest BCUT2D eigenvalue weighted by atomic mass is 16.6. The van der Waals surface area contributed by atoms with Gasteiger partial charge in [0.2, 0.25) is 5.91 Å². The number of benzene rings is 1. The van der Waals surface area contributed by atoms with Gasteiger partial charge in [-0.25, -0.2) is 4.79 Å². The maximum atomic E-state index is 12.9. The van der Waals surface area contributed by atoms with Crippen LogP contribution in [0.5, 0.6) is 0 Å². The summed E-state index contributed by atoms with van der Waals surface area (Å²) in [5.41, 5.74) is 7.29. The molecule has 1 aromatic carbocycles. The number of nitrogens with two attached hydrogens (primary N) is 1. The highest BCUT2D eigenvalue weighted by Gasteiger charge is 2.36. The summed E-state index contributed by atoms with van der Waals surface area (Å²) in [7, 11) is 0. The lowest BCUT2D eigenvalue weighted by atomic mass is 9.80. The number of primary amides is 1. The second-order valence-electron chi connectivity index (χ2n) is 10.3. The normalized spacial score (nSPS) is 21.0. The van der Waals surface area contributed by atoms with Gasteiger partial charge in [-0.15, -0.1) is 0 Å². The van der Waals surface area contributed by atoms with Crippen LogP contribution in [0.4, 0.5) is 4.79 Å². The van der Waals surface area contributed by atoms with Crippen molar-refractivity contribution in [2.24, 2.45) is 11.7 Å². The van der Waals surface area contributed by atoms with Crippen LogP contribution in [-0.2, 0) is 27.3 Å². The molecule has 3 atom stereocenters. The van der Waals surface area contributed by atoms with Gasteiger partial charge < -0.3 is 25.8 Å². The van der Waals surface area contributed by atoms with E-state index in [-0.39, 0.29) is 37.3 Å². The third kappa shape index (κ3) is 6.48. The molecule has 3 rings (SSSR count). The summed E-state index contributed by atoms with van der Waals surface area (Å²) in [5, 5.41) is 12.0. The first-order valence-corrected chi connectivity index (χ1v) is 11.9. The number of carbonyl (C=O) groups excluding carboxylic acids is 3. The van der Waals surface area contributed by atoms with E-state index in [1.54, 1.807) is 6.07 Å². The molecule has 3 amide bonds. The molecule has 0 saturated heterocycles. The number of carboxylic acid groups (broad SMARTS) is 1. The van der Waals surface area contributed by atoms with Crippen molar-refractivity contribution in [1.29, 1.82) is 0 Å². The van der Waals surface area contributed by atoms with Crippen LogP contribution in [0.2, 0.25) is 0 Å². The Morgan fingerprint density at radius 2 is 1.94 bits per heavy atom. The second kappa shape index (κ2) is 10.4. The van der Waals surface area contributed by atoms with Gasteiger partial charge in [0.05, 0.1) is 0 Å². The monoisotopic (exact) mass is 473 g/mol. The highest BCUT2D eigenvalue weighted by Crippen LogP contribution is 2.31. The average Bonchev–Trinajstić information content (AvgIpc) is 3.03. The van der Waals surface area contributed by atoms with Crippen molar-refractivity contribution in [2.45, 2.75) is 89.9 Å². The Morgan fingerprint density at radius 1 is 1.24 bits per heavy atom. The lowest BCUT2D eigenvalue weighted by Crippen LogP contribution is -2.45. The zero-order chi connectivity index (χ0) is 25.0. The molecule has 0 bridgehead atoms. The largest absolute Gasteiger partial charge is 0.481 e. The van der Waals surface area contributed by atoms with Gasteiger partial charge in [-0.2, -0.15) is 0 Å². The number of ether oxygens (including phenoxy) is 1. The predicted molar refractivity (Wildman–Crippen MR) is 125 cm³/mol. The highest BCUT2D eigenvalue weighted by molar-refractivity contribution is 6.01. The van der Waals surface area contributed by atoms with E-state index < -0.39 is 29.6 Å². The summed E-state index contributed by atoms with van der Waals surface area (Å²) in [6.07, 6.45) is 4.11. The molecule has 2 aliphatic rings. The topological polar surface area (TPSA) is 139 Å². The zero-order valence-electron chi connectivity index (χ0n) is 20.1. The minimum absolute atomic E-state index is 0.0165. The molecule has 186 valence electrons. The molecule has 0 unspecified atom stereocenters. The number of rotatable bonds is 8. The molecule has 1 saturated carbocycles. The standard InChI is InChI=1S/C25H35N3O6/c1-25(2,3)34-24(33)27-19-7-5-4-6-16(19)12-15-8-9-18-17(13-15)14-28(23(18)32)20(22(26)31)10-11-21(29)30/h8-9,13,16,19-20H,4-7,10-12,14H2,1-3H3,(H2,26,31)(H,27,33)(H,29,30)/t16-,19+,20+/m1/s1. The molecule has 0 radical (unpaired) electrons. The maximum absolute atomic E-state index is 12.9. The average molecular weight is 474 g/mol. The SMILES string of the molecule is CC(C)(C)OC(=O)N[C@H]1CCCC[C@@H]1Cc1ccc2c(c1)CN([C@@H](CCC(=O)O)C(N)=O)C2=O.